The van der Waals surface area contributed by atoms with E-state index in [0.717, 1.165) is 5.69 Å². The minimum absolute atomic E-state index is 0.0561. The summed E-state index contributed by atoms with van der Waals surface area (Å²) in [6, 6.07) is 5.48. The van der Waals surface area contributed by atoms with Crippen molar-refractivity contribution in [2.45, 2.75) is 13.8 Å². The quantitative estimate of drug-likeness (QED) is 0.454. The first-order valence-electron chi connectivity index (χ1n) is 10.3. The van der Waals surface area contributed by atoms with E-state index in [1.165, 1.54) is 13.2 Å². The molecule has 1 aliphatic heterocycles. The Morgan fingerprint density at radius 3 is 2.70 bits per heavy atom. The number of carbonyl (C=O) groups excluding carboxylic acids is 2. The maximum absolute atomic E-state index is 12.8. The first-order chi connectivity index (χ1) is 16.0. The molecular weight excluding hydrogens is 428 g/mol. The molecule has 1 N–H and O–H groups in total. The number of Topliss-reactive ketones (excluding diaryl/α,β-unsaturated/α-hetero) is 1. The van der Waals surface area contributed by atoms with Crippen LogP contribution in [0.15, 0.2) is 39.5 Å². The highest BCUT2D eigenvalue weighted by molar-refractivity contribution is 6.08. The predicted molar refractivity (Wildman–Crippen MR) is 117 cm³/mol. The summed E-state index contributed by atoms with van der Waals surface area (Å²) < 4.78 is 16.6. The SMILES string of the molecule is CC(=O)c1nc2nc(N3CCOCC3)oc2cc1NC(=O)c1coc(-c2ccnc(C)c2)n1. The molecule has 168 valence electrons. The van der Waals surface area contributed by atoms with E-state index in [2.05, 4.69) is 25.3 Å². The van der Waals surface area contributed by atoms with Gasteiger partial charge < -0.3 is 23.8 Å². The van der Waals surface area contributed by atoms with E-state index in [-0.39, 0.29) is 34.4 Å². The predicted octanol–water partition coefficient (Wildman–Crippen LogP) is 2.87. The molecule has 33 heavy (non-hydrogen) atoms. The van der Waals surface area contributed by atoms with Crippen LogP contribution in [0.2, 0.25) is 0 Å². The summed E-state index contributed by atoms with van der Waals surface area (Å²) in [6.45, 7) is 5.64. The molecule has 0 aliphatic carbocycles. The van der Waals surface area contributed by atoms with Gasteiger partial charge >= 0.3 is 0 Å². The number of carbonyl (C=O) groups is 2. The topological polar surface area (TPSA) is 136 Å². The molecule has 4 aromatic rings. The number of pyridine rings is 2. The van der Waals surface area contributed by atoms with Crippen molar-refractivity contribution in [1.82, 2.24) is 19.9 Å². The Morgan fingerprint density at radius 2 is 1.94 bits per heavy atom. The van der Waals surface area contributed by atoms with Crippen molar-refractivity contribution in [3.05, 3.63) is 47.7 Å². The second-order valence-electron chi connectivity index (χ2n) is 7.54. The largest absolute Gasteiger partial charge is 0.444 e. The number of oxazole rings is 2. The molecule has 0 bridgehead atoms. The summed E-state index contributed by atoms with van der Waals surface area (Å²) in [6.07, 6.45) is 2.89. The van der Waals surface area contributed by atoms with Gasteiger partial charge in [0.1, 0.15) is 12.0 Å². The van der Waals surface area contributed by atoms with E-state index in [1.807, 2.05) is 11.8 Å². The third kappa shape index (κ3) is 4.17. The maximum atomic E-state index is 12.8. The molecule has 0 radical (unpaired) electrons. The van der Waals surface area contributed by atoms with Crippen molar-refractivity contribution >= 4 is 34.6 Å². The van der Waals surface area contributed by atoms with Gasteiger partial charge in [-0.1, -0.05) is 0 Å². The zero-order valence-corrected chi connectivity index (χ0v) is 18.0. The second kappa shape index (κ2) is 8.43. The number of rotatable bonds is 5. The number of fused-ring (bicyclic) bond motifs is 1. The third-order valence-electron chi connectivity index (χ3n) is 5.12. The fourth-order valence-corrected chi connectivity index (χ4v) is 3.48. The molecular formula is C22H20N6O5. The molecule has 0 unspecified atom stereocenters. The number of hydrogen-bond donors (Lipinski definition) is 1. The van der Waals surface area contributed by atoms with Gasteiger partial charge in [0.25, 0.3) is 11.9 Å². The van der Waals surface area contributed by atoms with Crippen LogP contribution in [0.1, 0.15) is 33.6 Å². The molecule has 5 rings (SSSR count). The average molecular weight is 448 g/mol. The third-order valence-corrected chi connectivity index (χ3v) is 5.12. The van der Waals surface area contributed by atoms with Crippen LogP contribution in [-0.2, 0) is 4.74 Å². The van der Waals surface area contributed by atoms with E-state index in [1.54, 1.807) is 24.4 Å². The molecule has 1 fully saturated rings. The minimum Gasteiger partial charge on any atom is -0.444 e. The van der Waals surface area contributed by atoms with Gasteiger partial charge in [-0.05, 0) is 19.1 Å². The standard InChI is InChI=1S/C22H20N6O5/c1-12-9-14(3-4-23-12)21-25-16(11-32-21)20(30)24-15-10-17-19(26-18(15)13(2)29)27-22(33-17)28-5-7-31-8-6-28/h3-4,9-11H,5-8H2,1-2H3,(H,24,30). The van der Waals surface area contributed by atoms with Gasteiger partial charge in [0, 0.05) is 43.5 Å². The van der Waals surface area contributed by atoms with Crippen LogP contribution in [0.4, 0.5) is 11.7 Å². The Bertz CT molecular complexity index is 1350. The van der Waals surface area contributed by atoms with Gasteiger partial charge in [-0.2, -0.15) is 4.98 Å². The number of ketones is 1. The van der Waals surface area contributed by atoms with Gasteiger partial charge in [-0.3, -0.25) is 14.6 Å². The zero-order valence-electron chi connectivity index (χ0n) is 18.0. The van der Waals surface area contributed by atoms with Gasteiger partial charge in [-0.15, -0.1) is 0 Å². The van der Waals surface area contributed by atoms with Crippen LogP contribution in [0.25, 0.3) is 22.7 Å². The first-order valence-corrected chi connectivity index (χ1v) is 10.3. The highest BCUT2D eigenvalue weighted by Gasteiger charge is 2.22. The van der Waals surface area contributed by atoms with Gasteiger partial charge in [0.05, 0.1) is 18.9 Å². The van der Waals surface area contributed by atoms with E-state index in [9.17, 15) is 9.59 Å². The van der Waals surface area contributed by atoms with Crippen molar-refractivity contribution in [1.29, 1.82) is 0 Å². The average Bonchev–Trinajstić information content (AvgIpc) is 3.46. The molecule has 0 atom stereocenters. The van der Waals surface area contributed by atoms with Gasteiger partial charge in [0.2, 0.25) is 11.5 Å². The molecule has 0 aromatic carbocycles. The molecule has 1 amide bonds. The second-order valence-corrected chi connectivity index (χ2v) is 7.54. The Kier molecular flexibility index (Phi) is 5.31. The van der Waals surface area contributed by atoms with Crippen LogP contribution in [0.3, 0.4) is 0 Å². The molecule has 1 saturated heterocycles. The molecule has 1 aliphatic rings. The van der Waals surface area contributed by atoms with Crippen molar-refractivity contribution in [2.75, 3.05) is 36.5 Å². The van der Waals surface area contributed by atoms with Crippen molar-refractivity contribution in [3.63, 3.8) is 0 Å². The number of amides is 1. The fraction of sp³-hybridized carbons (Fsp3) is 0.273. The smallest absolute Gasteiger partial charge is 0.300 e. The zero-order chi connectivity index (χ0) is 22.9. The Balaban J connectivity index is 1.43. The van der Waals surface area contributed by atoms with Crippen molar-refractivity contribution in [2.24, 2.45) is 0 Å². The lowest BCUT2D eigenvalue weighted by Crippen LogP contribution is -2.36. The summed E-state index contributed by atoms with van der Waals surface area (Å²) in [4.78, 5) is 44.1. The summed E-state index contributed by atoms with van der Waals surface area (Å²) >= 11 is 0. The van der Waals surface area contributed by atoms with Crippen molar-refractivity contribution < 1.29 is 23.2 Å². The van der Waals surface area contributed by atoms with E-state index >= 15 is 0 Å². The lowest BCUT2D eigenvalue weighted by Gasteiger charge is -2.24. The van der Waals surface area contributed by atoms with Crippen LogP contribution in [-0.4, -0.2) is 57.9 Å². The monoisotopic (exact) mass is 448 g/mol. The number of aryl methyl sites for hydroxylation is 1. The number of morpholine rings is 1. The highest BCUT2D eigenvalue weighted by atomic mass is 16.5. The molecule has 11 nitrogen and oxygen atoms in total. The summed E-state index contributed by atoms with van der Waals surface area (Å²) in [7, 11) is 0. The molecule has 11 heteroatoms. The Morgan fingerprint density at radius 1 is 1.12 bits per heavy atom. The van der Waals surface area contributed by atoms with Gasteiger partial charge in [-0.25, -0.2) is 9.97 Å². The number of ether oxygens (including phenoxy) is 1. The number of nitrogens with one attached hydrogen (secondary N) is 1. The fourth-order valence-electron chi connectivity index (χ4n) is 3.48. The van der Waals surface area contributed by atoms with E-state index < -0.39 is 5.91 Å². The van der Waals surface area contributed by atoms with E-state index in [0.29, 0.717) is 43.5 Å². The first kappa shape index (κ1) is 20.8. The lowest BCUT2D eigenvalue weighted by atomic mass is 10.2. The number of aromatic nitrogens is 4. The van der Waals surface area contributed by atoms with Crippen LogP contribution in [0, 0.1) is 6.92 Å². The Hall–Kier alpha value is -4.12. The molecule has 0 spiro atoms. The summed E-state index contributed by atoms with van der Waals surface area (Å²) in [5, 5.41) is 2.69. The molecule has 5 heterocycles. The molecule has 4 aromatic heterocycles. The minimum atomic E-state index is -0.549. The number of nitrogens with zero attached hydrogens (tertiary/aromatic N) is 5. The van der Waals surface area contributed by atoms with Crippen molar-refractivity contribution in [3.8, 4) is 11.5 Å². The normalized spacial score (nSPS) is 13.9. The highest BCUT2D eigenvalue weighted by Crippen LogP contribution is 2.27. The maximum Gasteiger partial charge on any atom is 0.300 e. The Labute approximate surface area is 187 Å². The van der Waals surface area contributed by atoms with Crippen LogP contribution in [0.5, 0.6) is 0 Å². The summed E-state index contributed by atoms with van der Waals surface area (Å²) in [5.74, 6) is -0.583. The van der Waals surface area contributed by atoms with Gasteiger partial charge in [0.15, 0.2) is 17.1 Å². The van der Waals surface area contributed by atoms with Crippen LogP contribution >= 0.6 is 0 Å². The number of anilines is 2. The van der Waals surface area contributed by atoms with Crippen LogP contribution < -0.4 is 10.2 Å². The number of hydrogen-bond acceptors (Lipinski definition) is 10. The van der Waals surface area contributed by atoms with E-state index in [4.69, 9.17) is 13.6 Å². The molecule has 0 saturated carbocycles. The lowest BCUT2D eigenvalue weighted by molar-refractivity contribution is 0.101. The summed E-state index contributed by atoms with van der Waals surface area (Å²) in [5.41, 5.74) is 2.47.